The van der Waals surface area contributed by atoms with Crippen molar-refractivity contribution in [3.8, 4) is 0 Å². The lowest BCUT2D eigenvalue weighted by Crippen LogP contribution is -2.53. The minimum Gasteiger partial charge on any atom is -0.376 e. The highest BCUT2D eigenvalue weighted by molar-refractivity contribution is 7.80. The molecule has 26 heavy (non-hydrogen) atoms. The van der Waals surface area contributed by atoms with Crippen molar-refractivity contribution in [2.45, 2.75) is 18.9 Å². The number of nitrogens with zero attached hydrogens (tertiary/aromatic N) is 2. The van der Waals surface area contributed by atoms with Crippen molar-refractivity contribution in [3.63, 3.8) is 0 Å². The van der Waals surface area contributed by atoms with E-state index in [1.165, 1.54) is 12.1 Å². The van der Waals surface area contributed by atoms with Gasteiger partial charge in [0.25, 0.3) is 0 Å². The zero-order chi connectivity index (χ0) is 18.4. The summed E-state index contributed by atoms with van der Waals surface area (Å²) in [4.78, 5) is 16.3. The van der Waals surface area contributed by atoms with Crippen LogP contribution in [0, 0.1) is 5.82 Å². The van der Waals surface area contributed by atoms with E-state index in [2.05, 4.69) is 20.4 Å². The molecule has 2 heterocycles. The summed E-state index contributed by atoms with van der Waals surface area (Å²) >= 11 is 5.46. The average Bonchev–Trinajstić information content (AvgIpc) is 3.14. The summed E-state index contributed by atoms with van der Waals surface area (Å²) in [6.07, 6.45) is 2.47. The molecule has 142 valence electrons. The number of hydrogen-bond acceptors (Lipinski definition) is 4. The second-order valence-corrected chi connectivity index (χ2v) is 7.03. The number of hydrogen-bond donors (Lipinski definition) is 2. The molecule has 1 aromatic carbocycles. The summed E-state index contributed by atoms with van der Waals surface area (Å²) in [5.41, 5.74) is 0.480. The van der Waals surface area contributed by atoms with Gasteiger partial charge in [-0.05, 0) is 43.3 Å². The number of amides is 1. The fourth-order valence-corrected chi connectivity index (χ4v) is 3.46. The Hall–Kier alpha value is -1.77. The molecule has 0 radical (unpaired) electrons. The van der Waals surface area contributed by atoms with Gasteiger partial charge in [0.2, 0.25) is 5.91 Å². The van der Waals surface area contributed by atoms with E-state index in [9.17, 15) is 9.18 Å². The van der Waals surface area contributed by atoms with Crippen molar-refractivity contribution in [1.82, 2.24) is 15.1 Å². The largest absolute Gasteiger partial charge is 0.376 e. The molecule has 1 amide bonds. The molecule has 2 N–H and O–H groups in total. The number of benzene rings is 1. The predicted molar refractivity (Wildman–Crippen MR) is 103 cm³/mol. The van der Waals surface area contributed by atoms with Crippen molar-refractivity contribution in [3.05, 3.63) is 30.1 Å². The first-order valence-electron chi connectivity index (χ1n) is 9.02. The summed E-state index contributed by atoms with van der Waals surface area (Å²) in [7, 11) is 0. The molecular formula is C18H25FN4O2S. The van der Waals surface area contributed by atoms with Gasteiger partial charge in [-0.15, -0.1) is 0 Å². The minimum atomic E-state index is -0.361. The molecule has 1 aromatic rings. The number of rotatable bonds is 5. The van der Waals surface area contributed by atoms with Gasteiger partial charge in [0.1, 0.15) is 5.82 Å². The van der Waals surface area contributed by atoms with E-state index in [1.807, 2.05) is 0 Å². The monoisotopic (exact) mass is 380 g/mol. The highest BCUT2D eigenvalue weighted by Gasteiger charge is 2.22. The summed E-state index contributed by atoms with van der Waals surface area (Å²) in [5, 5.41) is 6.77. The molecule has 0 bridgehead atoms. The Labute approximate surface area is 158 Å². The van der Waals surface area contributed by atoms with Crippen LogP contribution in [-0.4, -0.2) is 72.8 Å². The van der Waals surface area contributed by atoms with Crippen LogP contribution in [0.2, 0.25) is 0 Å². The molecule has 0 aliphatic carbocycles. The molecule has 8 heteroatoms. The summed E-state index contributed by atoms with van der Waals surface area (Å²) < 4.78 is 18.8. The fraction of sp³-hybridized carbons (Fsp3) is 0.556. The van der Waals surface area contributed by atoms with Crippen LogP contribution in [0.15, 0.2) is 24.3 Å². The van der Waals surface area contributed by atoms with Crippen LogP contribution in [0.4, 0.5) is 10.1 Å². The number of piperazine rings is 1. The van der Waals surface area contributed by atoms with E-state index in [0.29, 0.717) is 12.2 Å². The van der Waals surface area contributed by atoms with Crippen molar-refractivity contribution >= 4 is 28.9 Å². The highest BCUT2D eigenvalue weighted by Crippen LogP contribution is 2.11. The smallest absolute Gasteiger partial charge is 0.238 e. The molecule has 2 saturated heterocycles. The molecule has 0 unspecified atom stereocenters. The molecule has 6 nitrogen and oxygen atoms in total. The van der Waals surface area contributed by atoms with Gasteiger partial charge in [0, 0.05) is 45.0 Å². The van der Waals surface area contributed by atoms with Crippen LogP contribution < -0.4 is 10.6 Å². The van der Waals surface area contributed by atoms with Crippen LogP contribution >= 0.6 is 12.2 Å². The topological polar surface area (TPSA) is 56.8 Å². The molecule has 0 aromatic heterocycles. The summed E-state index contributed by atoms with van der Waals surface area (Å²) in [6.45, 7) is 4.98. The van der Waals surface area contributed by atoms with Crippen molar-refractivity contribution in [2.24, 2.45) is 0 Å². The van der Waals surface area contributed by atoms with E-state index < -0.39 is 0 Å². The zero-order valence-corrected chi connectivity index (χ0v) is 15.6. The van der Waals surface area contributed by atoms with Crippen LogP contribution in [0.1, 0.15) is 12.8 Å². The Bertz CT molecular complexity index is 631. The molecular weight excluding hydrogens is 355 g/mol. The van der Waals surface area contributed by atoms with E-state index in [4.69, 9.17) is 17.0 Å². The van der Waals surface area contributed by atoms with Gasteiger partial charge in [-0.25, -0.2) is 4.39 Å². The Kier molecular flexibility index (Phi) is 6.76. The van der Waals surface area contributed by atoms with Crippen molar-refractivity contribution in [1.29, 1.82) is 0 Å². The quantitative estimate of drug-likeness (QED) is 0.754. The number of ether oxygens (including phenoxy) is 1. The van der Waals surface area contributed by atoms with Gasteiger partial charge in [-0.1, -0.05) is 6.07 Å². The minimum absolute atomic E-state index is 0.136. The third kappa shape index (κ3) is 5.62. The normalized spacial score (nSPS) is 20.8. The maximum absolute atomic E-state index is 13.2. The fourth-order valence-electron chi connectivity index (χ4n) is 3.20. The molecule has 2 fully saturated rings. The lowest BCUT2D eigenvalue weighted by Gasteiger charge is -2.36. The van der Waals surface area contributed by atoms with E-state index in [1.54, 1.807) is 12.1 Å². The Morgan fingerprint density at radius 3 is 2.81 bits per heavy atom. The first-order chi connectivity index (χ1) is 12.6. The lowest BCUT2D eigenvalue weighted by molar-refractivity contribution is -0.117. The van der Waals surface area contributed by atoms with E-state index in [-0.39, 0.29) is 17.8 Å². The van der Waals surface area contributed by atoms with E-state index in [0.717, 1.165) is 57.3 Å². The second-order valence-electron chi connectivity index (χ2n) is 6.64. The van der Waals surface area contributed by atoms with Gasteiger partial charge in [0.05, 0.1) is 12.6 Å². The summed E-state index contributed by atoms with van der Waals surface area (Å²) in [5.74, 6) is -0.497. The lowest BCUT2D eigenvalue weighted by atomic mass is 10.2. The molecule has 1 atom stereocenters. The predicted octanol–water partition coefficient (Wildman–Crippen LogP) is 1.44. The number of carbonyl (C=O) groups excluding carboxylic acids is 1. The van der Waals surface area contributed by atoms with Crippen molar-refractivity contribution in [2.75, 3.05) is 51.2 Å². The Balaban J connectivity index is 1.36. The maximum Gasteiger partial charge on any atom is 0.238 e. The maximum atomic E-state index is 13.2. The van der Waals surface area contributed by atoms with Gasteiger partial charge in [-0.2, -0.15) is 0 Å². The third-order valence-corrected chi connectivity index (χ3v) is 5.04. The Morgan fingerprint density at radius 1 is 1.31 bits per heavy atom. The first kappa shape index (κ1) is 19.0. The third-order valence-electron chi connectivity index (χ3n) is 4.64. The first-order valence-corrected chi connectivity index (χ1v) is 9.43. The average molecular weight is 380 g/mol. The second kappa shape index (κ2) is 9.25. The number of nitrogens with one attached hydrogen (secondary N) is 2. The van der Waals surface area contributed by atoms with Crippen LogP contribution in [0.3, 0.4) is 0 Å². The van der Waals surface area contributed by atoms with Crippen LogP contribution in [0.5, 0.6) is 0 Å². The Morgan fingerprint density at radius 2 is 2.12 bits per heavy atom. The number of anilines is 1. The SMILES string of the molecule is O=C(CN1CCN(C(=S)NC[C@H]2CCCO2)CC1)Nc1cccc(F)c1. The van der Waals surface area contributed by atoms with Gasteiger partial charge < -0.3 is 20.3 Å². The number of carbonyl (C=O) groups is 1. The van der Waals surface area contributed by atoms with Crippen molar-refractivity contribution < 1.29 is 13.9 Å². The highest BCUT2D eigenvalue weighted by atomic mass is 32.1. The molecule has 0 saturated carbocycles. The molecule has 2 aliphatic rings. The van der Waals surface area contributed by atoms with E-state index >= 15 is 0 Å². The van der Waals surface area contributed by atoms with Crippen LogP contribution in [0.25, 0.3) is 0 Å². The standard InChI is InChI=1S/C18H25FN4O2S/c19-14-3-1-4-15(11-14)21-17(24)13-22-6-8-23(9-7-22)18(26)20-12-16-5-2-10-25-16/h1,3-4,11,16H,2,5-10,12-13H2,(H,20,26)(H,21,24)/t16-/m1/s1. The zero-order valence-electron chi connectivity index (χ0n) is 14.7. The number of thiocarbonyl (C=S) groups is 1. The molecule has 2 aliphatic heterocycles. The van der Waals surface area contributed by atoms with Crippen LogP contribution in [-0.2, 0) is 9.53 Å². The van der Waals surface area contributed by atoms with Gasteiger partial charge >= 0.3 is 0 Å². The molecule has 3 rings (SSSR count). The number of halogens is 1. The van der Waals surface area contributed by atoms with Gasteiger partial charge in [-0.3, -0.25) is 9.69 Å². The summed E-state index contributed by atoms with van der Waals surface area (Å²) in [6, 6.07) is 5.92. The molecule has 0 spiro atoms. The van der Waals surface area contributed by atoms with Gasteiger partial charge in [0.15, 0.2) is 5.11 Å².